The summed E-state index contributed by atoms with van der Waals surface area (Å²) in [7, 11) is 0. The summed E-state index contributed by atoms with van der Waals surface area (Å²) in [5, 5.41) is 8.06. The molecule has 1 aromatic heterocycles. The normalized spacial score (nSPS) is 13.0. The fraction of sp³-hybridized carbons (Fsp3) is 0.176. The van der Waals surface area contributed by atoms with Crippen molar-refractivity contribution in [2.24, 2.45) is 0 Å². The molecule has 1 aliphatic heterocycles. The Morgan fingerprint density at radius 1 is 1.29 bits per heavy atom. The molecule has 0 spiro atoms. The first-order valence-corrected chi connectivity index (χ1v) is 8.22. The number of benzene rings is 1. The number of nitrogens with one attached hydrogen (secondary N) is 2. The van der Waals surface area contributed by atoms with Gasteiger partial charge in [0.15, 0.2) is 0 Å². The van der Waals surface area contributed by atoms with Crippen LogP contribution in [0.3, 0.4) is 0 Å². The predicted octanol–water partition coefficient (Wildman–Crippen LogP) is 2.88. The van der Waals surface area contributed by atoms with E-state index in [9.17, 15) is 9.59 Å². The van der Waals surface area contributed by atoms with Crippen molar-refractivity contribution >= 4 is 34.1 Å². The number of amides is 3. The number of nitrogens with zero attached hydrogens (tertiary/aromatic N) is 1. The van der Waals surface area contributed by atoms with Gasteiger partial charge in [-0.3, -0.25) is 10.2 Å². The first-order valence-electron chi connectivity index (χ1n) is 7.34. The molecule has 1 saturated heterocycles. The minimum atomic E-state index is -0.324. The summed E-state index contributed by atoms with van der Waals surface area (Å²) in [6.07, 6.45) is -0.324. The van der Waals surface area contributed by atoms with Gasteiger partial charge in [0.2, 0.25) is 0 Å². The number of hydrogen-bond acceptors (Lipinski definition) is 4. The second kappa shape index (κ2) is 7.53. The Bertz CT molecular complexity index is 776. The molecule has 2 aromatic rings. The summed E-state index contributed by atoms with van der Waals surface area (Å²) in [5.41, 5.74) is 1.60. The van der Waals surface area contributed by atoms with Crippen LogP contribution in [0.25, 0.3) is 0 Å². The largest absolute Gasteiger partial charge is 0.447 e. The lowest BCUT2D eigenvalue weighted by Gasteiger charge is -2.11. The molecule has 2 N–H and O–H groups in total. The highest BCUT2D eigenvalue weighted by Gasteiger charge is 2.23. The van der Waals surface area contributed by atoms with E-state index in [-0.39, 0.29) is 18.7 Å². The number of urea groups is 1. The molecule has 0 radical (unpaired) electrons. The van der Waals surface area contributed by atoms with Crippen molar-refractivity contribution in [3.63, 3.8) is 0 Å². The van der Waals surface area contributed by atoms with Crippen LogP contribution < -0.4 is 15.5 Å². The first-order chi connectivity index (χ1) is 11.7. The van der Waals surface area contributed by atoms with Gasteiger partial charge >= 0.3 is 12.1 Å². The van der Waals surface area contributed by atoms with Gasteiger partial charge in [-0.05, 0) is 41.8 Å². The average molecular weight is 341 g/mol. The molecule has 3 amide bonds. The summed E-state index contributed by atoms with van der Waals surface area (Å²) in [5.74, 6) is 5.85. The quantitative estimate of drug-likeness (QED) is 0.844. The summed E-state index contributed by atoms with van der Waals surface area (Å²) >= 11 is 1.45. The van der Waals surface area contributed by atoms with Crippen LogP contribution in [-0.4, -0.2) is 31.8 Å². The van der Waals surface area contributed by atoms with Gasteiger partial charge in [-0.15, -0.1) is 11.3 Å². The smallest absolute Gasteiger partial charge is 0.414 e. The highest BCUT2D eigenvalue weighted by atomic mass is 32.1. The minimum Gasteiger partial charge on any atom is -0.447 e. The molecule has 1 aliphatic rings. The topological polar surface area (TPSA) is 70.7 Å². The maximum Gasteiger partial charge on any atom is 0.414 e. The van der Waals surface area contributed by atoms with Crippen molar-refractivity contribution in [1.29, 1.82) is 0 Å². The molecule has 6 nitrogen and oxygen atoms in total. The van der Waals surface area contributed by atoms with Crippen LogP contribution in [0.1, 0.15) is 5.56 Å². The van der Waals surface area contributed by atoms with E-state index >= 15 is 0 Å². The van der Waals surface area contributed by atoms with Crippen LogP contribution >= 0.6 is 11.3 Å². The number of ether oxygens (including phenoxy) is 1. The van der Waals surface area contributed by atoms with Crippen molar-refractivity contribution in [2.45, 2.75) is 0 Å². The SMILES string of the molecule is O=C(NCC#Cc1ccc(N2CCOC2=O)cc1)Nc1cccs1. The van der Waals surface area contributed by atoms with E-state index in [2.05, 4.69) is 22.5 Å². The molecule has 0 saturated carbocycles. The molecule has 0 bridgehead atoms. The van der Waals surface area contributed by atoms with Gasteiger partial charge in [0.05, 0.1) is 18.1 Å². The van der Waals surface area contributed by atoms with Crippen LogP contribution in [0.15, 0.2) is 41.8 Å². The first kappa shape index (κ1) is 15.9. The van der Waals surface area contributed by atoms with Gasteiger partial charge in [-0.1, -0.05) is 11.8 Å². The van der Waals surface area contributed by atoms with Crippen LogP contribution in [0.5, 0.6) is 0 Å². The summed E-state index contributed by atoms with van der Waals surface area (Å²) in [6, 6.07) is 10.7. The fourth-order valence-electron chi connectivity index (χ4n) is 2.13. The molecule has 7 heteroatoms. The number of rotatable bonds is 3. The van der Waals surface area contributed by atoms with E-state index in [1.54, 1.807) is 4.90 Å². The maximum absolute atomic E-state index is 11.6. The average Bonchev–Trinajstić information content (AvgIpc) is 3.24. The molecule has 3 rings (SSSR count). The Morgan fingerprint density at radius 2 is 2.12 bits per heavy atom. The summed E-state index contributed by atoms with van der Waals surface area (Å²) in [6.45, 7) is 1.23. The van der Waals surface area contributed by atoms with Crippen molar-refractivity contribution in [1.82, 2.24) is 5.32 Å². The molecule has 2 heterocycles. The Labute approximate surface area is 143 Å². The lowest BCUT2D eigenvalue weighted by Crippen LogP contribution is -2.28. The van der Waals surface area contributed by atoms with E-state index in [4.69, 9.17) is 4.74 Å². The Morgan fingerprint density at radius 3 is 2.79 bits per heavy atom. The zero-order valence-electron chi connectivity index (χ0n) is 12.7. The number of carbonyl (C=O) groups is 2. The van der Waals surface area contributed by atoms with Crippen molar-refractivity contribution < 1.29 is 14.3 Å². The van der Waals surface area contributed by atoms with Crippen LogP contribution in [0.4, 0.5) is 20.3 Å². The number of carbonyl (C=O) groups excluding carboxylic acids is 2. The highest BCUT2D eigenvalue weighted by Crippen LogP contribution is 2.18. The fourth-order valence-corrected chi connectivity index (χ4v) is 2.74. The van der Waals surface area contributed by atoms with Crippen molar-refractivity contribution in [3.05, 3.63) is 47.3 Å². The molecule has 122 valence electrons. The Hall–Kier alpha value is -2.98. The zero-order chi connectivity index (χ0) is 16.8. The van der Waals surface area contributed by atoms with E-state index in [1.807, 2.05) is 41.8 Å². The molecular formula is C17H15N3O3S. The monoisotopic (exact) mass is 341 g/mol. The molecule has 0 atom stereocenters. The second-order valence-corrected chi connectivity index (χ2v) is 5.85. The van der Waals surface area contributed by atoms with Crippen molar-refractivity contribution in [3.8, 4) is 11.8 Å². The number of thiophene rings is 1. The third kappa shape index (κ3) is 4.06. The van der Waals surface area contributed by atoms with Crippen LogP contribution in [-0.2, 0) is 4.74 Å². The van der Waals surface area contributed by atoms with Gasteiger partial charge in [-0.2, -0.15) is 0 Å². The van der Waals surface area contributed by atoms with Gasteiger partial charge < -0.3 is 10.1 Å². The molecule has 1 aromatic carbocycles. The van der Waals surface area contributed by atoms with Gasteiger partial charge in [0, 0.05) is 11.3 Å². The third-order valence-corrected chi connectivity index (χ3v) is 4.05. The molecule has 1 fully saturated rings. The highest BCUT2D eigenvalue weighted by molar-refractivity contribution is 7.14. The lowest BCUT2D eigenvalue weighted by atomic mass is 10.2. The summed E-state index contributed by atoms with van der Waals surface area (Å²) < 4.78 is 4.90. The van der Waals surface area contributed by atoms with Gasteiger partial charge in [0.25, 0.3) is 0 Å². The number of anilines is 2. The van der Waals surface area contributed by atoms with Crippen molar-refractivity contribution in [2.75, 3.05) is 29.9 Å². The second-order valence-electron chi connectivity index (χ2n) is 4.90. The minimum absolute atomic E-state index is 0.247. The number of cyclic esters (lactones) is 1. The zero-order valence-corrected chi connectivity index (χ0v) is 13.6. The van der Waals surface area contributed by atoms with E-state index in [1.165, 1.54) is 11.3 Å². The standard InChI is InChI=1S/C17H15N3O3S/c21-16(19-15-4-2-12-24-15)18-9-1-3-13-5-7-14(8-6-13)20-10-11-23-17(20)22/h2,4-8,12H,9-11H2,(H2,18,19,21). The van der Waals surface area contributed by atoms with Crippen LogP contribution in [0, 0.1) is 11.8 Å². The van der Waals surface area contributed by atoms with Gasteiger partial charge in [-0.25, -0.2) is 9.59 Å². The molecule has 0 unspecified atom stereocenters. The van der Waals surface area contributed by atoms with E-state index in [0.29, 0.717) is 13.2 Å². The van der Waals surface area contributed by atoms with E-state index < -0.39 is 0 Å². The molecule has 24 heavy (non-hydrogen) atoms. The number of hydrogen-bond donors (Lipinski definition) is 2. The Kier molecular flexibility index (Phi) is 4.99. The predicted molar refractivity (Wildman–Crippen MR) is 93.4 cm³/mol. The van der Waals surface area contributed by atoms with Crippen LogP contribution in [0.2, 0.25) is 0 Å². The molecule has 0 aliphatic carbocycles. The van der Waals surface area contributed by atoms with Gasteiger partial charge in [0.1, 0.15) is 6.61 Å². The molecular weight excluding hydrogens is 326 g/mol. The summed E-state index contributed by atoms with van der Waals surface area (Å²) in [4.78, 5) is 24.7. The third-order valence-electron chi connectivity index (χ3n) is 3.27. The maximum atomic E-state index is 11.6. The lowest BCUT2D eigenvalue weighted by molar-refractivity contribution is 0.181. The Balaban J connectivity index is 1.49. The van der Waals surface area contributed by atoms with E-state index in [0.717, 1.165) is 16.3 Å².